The maximum atomic E-state index is 14.5. The highest BCUT2D eigenvalue weighted by Crippen LogP contribution is 2.20. The van der Waals surface area contributed by atoms with Gasteiger partial charge in [0.25, 0.3) is 5.91 Å². The lowest BCUT2D eigenvalue weighted by Gasteiger charge is -2.26. The van der Waals surface area contributed by atoms with Gasteiger partial charge < -0.3 is 31.7 Å². The van der Waals surface area contributed by atoms with Crippen LogP contribution in [0.1, 0.15) is 51.9 Å². The molecule has 0 aliphatic carbocycles. The Bertz CT molecular complexity index is 2230. The summed E-state index contributed by atoms with van der Waals surface area (Å²) in [6.07, 6.45) is 0.982. The van der Waals surface area contributed by atoms with Crippen molar-refractivity contribution in [2.45, 2.75) is 69.1 Å². The third kappa shape index (κ3) is 12.5. The molecule has 308 valence electrons. The number of aryl methyl sites for hydroxylation is 1. The van der Waals surface area contributed by atoms with Gasteiger partial charge >= 0.3 is 5.97 Å². The fourth-order valence-corrected chi connectivity index (χ4v) is 7.06. The van der Waals surface area contributed by atoms with Crippen LogP contribution in [0.3, 0.4) is 0 Å². The largest absolute Gasteiger partial charge is 0.480 e. The van der Waals surface area contributed by atoms with Crippen LogP contribution in [0.25, 0.3) is 11.1 Å². The van der Waals surface area contributed by atoms with E-state index in [1.807, 2.05) is 91.0 Å². The summed E-state index contributed by atoms with van der Waals surface area (Å²) in [5.41, 5.74) is 5.26. The lowest BCUT2D eigenvalue weighted by Crippen LogP contribution is -2.59. The van der Waals surface area contributed by atoms with Gasteiger partial charge in [-0.25, -0.2) is 4.79 Å². The van der Waals surface area contributed by atoms with Crippen molar-refractivity contribution < 1.29 is 33.9 Å². The molecule has 2 heterocycles. The van der Waals surface area contributed by atoms with Gasteiger partial charge in [0.2, 0.25) is 23.6 Å². The topological polar surface area (TPSA) is 183 Å². The molecule has 5 aromatic carbocycles. The number of carboxylic acid groups (broad SMARTS) is 1. The van der Waals surface area contributed by atoms with E-state index in [-0.39, 0.29) is 44.6 Å². The van der Waals surface area contributed by atoms with E-state index in [4.69, 9.17) is 0 Å². The number of rotatable bonds is 9. The monoisotopic (exact) mass is 807 g/mol. The molecule has 60 heavy (non-hydrogen) atoms. The molecule has 7 rings (SSSR count). The van der Waals surface area contributed by atoms with Crippen LogP contribution in [0.4, 0.5) is 0 Å². The lowest BCUT2D eigenvalue weighted by atomic mass is 9.98. The first-order valence-electron chi connectivity index (χ1n) is 20.1. The summed E-state index contributed by atoms with van der Waals surface area (Å²) in [5.74, 6) is -4.03. The summed E-state index contributed by atoms with van der Waals surface area (Å²) in [5, 5.41) is 24.2. The van der Waals surface area contributed by atoms with Crippen LogP contribution in [0.15, 0.2) is 140 Å². The van der Waals surface area contributed by atoms with E-state index in [1.54, 1.807) is 48.5 Å². The van der Waals surface area contributed by atoms with Gasteiger partial charge in [-0.2, -0.15) is 0 Å². The van der Waals surface area contributed by atoms with Gasteiger partial charge in [-0.15, -0.1) is 0 Å². The number of hydrogen-bond acceptors (Lipinski definition) is 6. The van der Waals surface area contributed by atoms with E-state index in [9.17, 15) is 33.9 Å². The zero-order valence-corrected chi connectivity index (χ0v) is 33.1. The number of fused-ring (bicyclic) bond motifs is 19. The molecular formula is C48H49N5O7. The second-order valence-corrected chi connectivity index (χ2v) is 14.9. The van der Waals surface area contributed by atoms with Crippen molar-refractivity contribution in [3.05, 3.63) is 167 Å². The van der Waals surface area contributed by atoms with Gasteiger partial charge in [0, 0.05) is 37.8 Å². The number of nitrogens with one attached hydrogen (secondary N) is 5. The van der Waals surface area contributed by atoms with Crippen LogP contribution in [0, 0.1) is 0 Å². The molecule has 0 saturated carbocycles. The predicted octanol–water partition coefficient (Wildman–Crippen LogP) is 4.56. The molecule has 0 aromatic heterocycles. The highest BCUT2D eigenvalue weighted by molar-refractivity contribution is 5.96. The number of carbonyl (C=O) groups is 6. The van der Waals surface area contributed by atoms with E-state index in [0.717, 1.165) is 22.3 Å². The molecule has 0 radical (unpaired) electrons. The van der Waals surface area contributed by atoms with Crippen LogP contribution in [0.5, 0.6) is 0 Å². The highest BCUT2D eigenvalue weighted by atomic mass is 16.4. The number of benzene rings is 5. The zero-order chi connectivity index (χ0) is 42.3. The number of carboxylic acids is 1. The van der Waals surface area contributed by atoms with Crippen molar-refractivity contribution >= 4 is 35.5 Å². The summed E-state index contributed by atoms with van der Waals surface area (Å²) in [4.78, 5) is 81.5. The average molecular weight is 808 g/mol. The van der Waals surface area contributed by atoms with Gasteiger partial charge in [-0.3, -0.25) is 24.0 Å². The van der Waals surface area contributed by atoms with Crippen molar-refractivity contribution in [2.24, 2.45) is 0 Å². The van der Waals surface area contributed by atoms with Crippen LogP contribution in [-0.4, -0.2) is 71.3 Å². The molecule has 0 fully saturated rings. The molecule has 2 bridgehead atoms. The van der Waals surface area contributed by atoms with Gasteiger partial charge in [0.1, 0.15) is 24.2 Å². The van der Waals surface area contributed by atoms with Crippen LogP contribution < -0.4 is 26.6 Å². The molecule has 6 N–H and O–H groups in total. The molecule has 0 saturated heterocycles. The number of aliphatic carboxylic acids is 1. The third-order valence-electron chi connectivity index (χ3n) is 10.4. The Kier molecular flexibility index (Phi) is 14.9. The first-order chi connectivity index (χ1) is 29.1. The van der Waals surface area contributed by atoms with Crippen LogP contribution in [-0.2, 0) is 49.7 Å². The fourth-order valence-electron chi connectivity index (χ4n) is 7.06. The summed E-state index contributed by atoms with van der Waals surface area (Å²) >= 11 is 0. The molecule has 2 aliphatic rings. The number of amides is 5. The van der Waals surface area contributed by atoms with Gasteiger partial charge in [-0.1, -0.05) is 127 Å². The molecule has 0 unspecified atom stereocenters. The second-order valence-electron chi connectivity index (χ2n) is 14.9. The summed E-state index contributed by atoms with van der Waals surface area (Å²) in [6.45, 7) is 0.192. The summed E-state index contributed by atoms with van der Waals surface area (Å²) in [7, 11) is 0. The third-order valence-corrected chi connectivity index (χ3v) is 10.4. The highest BCUT2D eigenvalue weighted by Gasteiger charge is 2.32. The molecule has 0 spiro atoms. The lowest BCUT2D eigenvalue weighted by molar-refractivity contribution is -0.142. The van der Waals surface area contributed by atoms with Crippen molar-refractivity contribution in [1.29, 1.82) is 0 Å². The standard InChI is InChI=1S/C48H49N5O7/c54-43-17-10-28-49-44(55)38-25-20-35(21-26-38)31-42(48(59)60)53-47(58)40(29-33-13-6-2-7-14-33)52-46(57)41(30-34-18-23-37(24-19-34)36-15-8-3-9-16-36)51-45(56)39(50-43)27-22-32-11-4-1-5-12-32/h1-9,11-16,18-21,23-26,39-42H,10,17,22,27-31H2,(H,49,55)(H,50,54)(H,51,56)(H,52,57)(H,53,58)(H,59,60)/t39-,40-,41+,42+/m1/s1. The first-order valence-corrected chi connectivity index (χ1v) is 20.1. The van der Waals surface area contributed by atoms with Crippen molar-refractivity contribution in [2.75, 3.05) is 6.54 Å². The number of carbonyl (C=O) groups excluding carboxylic acids is 5. The van der Waals surface area contributed by atoms with Crippen molar-refractivity contribution in [3.63, 3.8) is 0 Å². The molecule has 2 aliphatic heterocycles. The van der Waals surface area contributed by atoms with Gasteiger partial charge in [0.05, 0.1) is 0 Å². The fraction of sp³-hybridized carbons (Fsp3) is 0.250. The Hall–Kier alpha value is -7.08. The van der Waals surface area contributed by atoms with Crippen molar-refractivity contribution in [3.8, 4) is 11.1 Å². The average Bonchev–Trinajstić information content (AvgIpc) is 3.26. The summed E-state index contributed by atoms with van der Waals surface area (Å²) < 4.78 is 0. The van der Waals surface area contributed by atoms with Crippen LogP contribution in [0.2, 0.25) is 0 Å². The minimum atomic E-state index is -1.36. The SMILES string of the molecule is O=C1CCCNC(=O)c2ccc(cc2)C[C@@H](C(=O)O)NC(=O)[C@@H](Cc2ccccc2)NC(=O)[C@H](Cc2ccc(-c3ccccc3)cc2)NC(=O)[C@@H](CCc2ccccc2)N1. The molecule has 5 aromatic rings. The summed E-state index contributed by atoms with van der Waals surface area (Å²) in [6, 6.07) is 37.4. The molecular weight excluding hydrogens is 759 g/mol. The van der Waals surface area contributed by atoms with E-state index >= 15 is 0 Å². The number of hydrogen-bond donors (Lipinski definition) is 6. The quantitative estimate of drug-likeness (QED) is 0.118. The minimum Gasteiger partial charge on any atom is -0.480 e. The Morgan fingerprint density at radius 1 is 0.533 bits per heavy atom. The van der Waals surface area contributed by atoms with Crippen LogP contribution >= 0.6 is 0 Å². The van der Waals surface area contributed by atoms with Crippen molar-refractivity contribution in [1.82, 2.24) is 26.6 Å². The molecule has 12 heteroatoms. The molecule has 5 amide bonds. The normalized spacial score (nSPS) is 19.6. The minimum absolute atomic E-state index is 0.0246. The second kappa shape index (κ2) is 21.1. The van der Waals surface area contributed by atoms with E-state index in [1.165, 1.54) is 0 Å². The predicted molar refractivity (Wildman–Crippen MR) is 228 cm³/mol. The Labute approximate surface area is 349 Å². The van der Waals surface area contributed by atoms with Gasteiger partial charge in [-0.05, 0) is 64.8 Å². The first kappa shape index (κ1) is 42.5. The Morgan fingerprint density at radius 3 is 1.63 bits per heavy atom. The maximum Gasteiger partial charge on any atom is 0.326 e. The van der Waals surface area contributed by atoms with E-state index in [2.05, 4.69) is 26.6 Å². The van der Waals surface area contributed by atoms with Gasteiger partial charge in [0.15, 0.2) is 0 Å². The smallest absolute Gasteiger partial charge is 0.326 e. The van der Waals surface area contributed by atoms with E-state index < -0.39 is 53.8 Å². The van der Waals surface area contributed by atoms with E-state index in [0.29, 0.717) is 29.5 Å². The molecule has 12 nitrogen and oxygen atoms in total. The zero-order valence-electron chi connectivity index (χ0n) is 33.1. The Balaban J connectivity index is 1.33. The molecule has 4 atom stereocenters. The maximum absolute atomic E-state index is 14.5. The Morgan fingerprint density at radius 2 is 1.03 bits per heavy atom.